The van der Waals surface area contributed by atoms with Crippen molar-refractivity contribution in [2.75, 3.05) is 13.1 Å². The second-order valence-electron chi connectivity index (χ2n) is 6.64. The van der Waals surface area contributed by atoms with Crippen LogP contribution in [0, 0.1) is 5.82 Å². The van der Waals surface area contributed by atoms with Crippen LogP contribution < -0.4 is 4.74 Å². The summed E-state index contributed by atoms with van der Waals surface area (Å²) in [5, 5.41) is 0. The van der Waals surface area contributed by atoms with Crippen LogP contribution in [0.15, 0.2) is 61.2 Å². The highest BCUT2D eigenvalue weighted by atomic mass is 19.1. The van der Waals surface area contributed by atoms with Crippen molar-refractivity contribution in [2.45, 2.75) is 18.8 Å². The second-order valence-corrected chi connectivity index (χ2v) is 6.64. The Morgan fingerprint density at radius 2 is 2.04 bits per heavy atom. The summed E-state index contributed by atoms with van der Waals surface area (Å²) >= 11 is 0. The smallest absolute Gasteiger partial charge is 0.255 e. The van der Waals surface area contributed by atoms with Crippen molar-refractivity contribution in [2.24, 2.45) is 0 Å². The normalized spacial score (nSPS) is 16.6. The summed E-state index contributed by atoms with van der Waals surface area (Å²) in [6, 6.07) is 9.42. The molecule has 1 aliphatic heterocycles. The standard InChI is InChI=1S/C21H19FN4O2/c22-17-6-1-7-18(12-17)28-20-19(24-9-10-25-20)16-5-3-11-26(14-16)21(27)15-4-2-8-23-13-15/h1-2,4,6-10,12-13,16H,3,5,11,14H2/t16-/m0/s1. The van der Waals surface area contributed by atoms with Crippen LogP contribution in [0.5, 0.6) is 11.6 Å². The molecule has 2 aromatic heterocycles. The minimum atomic E-state index is -0.381. The van der Waals surface area contributed by atoms with Gasteiger partial charge in [-0.3, -0.25) is 14.8 Å². The van der Waals surface area contributed by atoms with E-state index in [1.807, 2.05) is 4.90 Å². The minimum Gasteiger partial charge on any atom is -0.437 e. The van der Waals surface area contributed by atoms with Gasteiger partial charge in [-0.1, -0.05) is 6.07 Å². The van der Waals surface area contributed by atoms with Crippen LogP contribution in [0.25, 0.3) is 0 Å². The van der Waals surface area contributed by atoms with Crippen molar-refractivity contribution in [3.8, 4) is 11.6 Å². The molecule has 6 nitrogen and oxygen atoms in total. The van der Waals surface area contributed by atoms with Gasteiger partial charge in [0, 0.05) is 49.9 Å². The van der Waals surface area contributed by atoms with Gasteiger partial charge in [-0.05, 0) is 37.1 Å². The third kappa shape index (κ3) is 3.98. The predicted molar refractivity (Wildman–Crippen MR) is 101 cm³/mol. The Kier molecular flexibility index (Phi) is 5.23. The Morgan fingerprint density at radius 3 is 2.86 bits per heavy atom. The van der Waals surface area contributed by atoms with Crippen LogP contribution in [0.1, 0.15) is 34.8 Å². The average molecular weight is 378 g/mol. The number of benzene rings is 1. The summed E-state index contributed by atoms with van der Waals surface area (Å²) in [5.41, 5.74) is 1.24. The largest absolute Gasteiger partial charge is 0.437 e. The number of ether oxygens (including phenoxy) is 1. The number of aromatic nitrogens is 3. The van der Waals surface area contributed by atoms with Crippen molar-refractivity contribution in [3.63, 3.8) is 0 Å². The van der Waals surface area contributed by atoms with Crippen molar-refractivity contribution >= 4 is 5.91 Å². The van der Waals surface area contributed by atoms with Gasteiger partial charge in [0.05, 0.1) is 5.56 Å². The molecule has 142 valence electrons. The van der Waals surface area contributed by atoms with Gasteiger partial charge in [0.2, 0.25) is 5.88 Å². The number of carbonyl (C=O) groups is 1. The SMILES string of the molecule is O=C(c1cccnc1)N1CCC[C@H](c2nccnc2Oc2cccc(F)c2)C1. The summed E-state index contributed by atoms with van der Waals surface area (Å²) in [4.78, 5) is 27.3. The molecule has 1 saturated heterocycles. The zero-order chi connectivity index (χ0) is 19.3. The van der Waals surface area contributed by atoms with Crippen LogP contribution in [0.2, 0.25) is 0 Å². The molecule has 1 amide bonds. The molecule has 0 spiro atoms. The lowest BCUT2D eigenvalue weighted by Gasteiger charge is -2.32. The topological polar surface area (TPSA) is 68.2 Å². The van der Waals surface area contributed by atoms with Gasteiger partial charge >= 0.3 is 0 Å². The van der Waals surface area contributed by atoms with Gasteiger partial charge in [0.1, 0.15) is 17.3 Å². The van der Waals surface area contributed by atoms with Crippen LogP contribution in [0.3, 0.4) is 0 Å². The van der Waals surface area contributed by atoms with Crippen molar-refractivity contribution in [1.82, 2.24) is 19.9 Å². The van der Waals surface area contributed by atoms with Crippen molar-refractivity contribution < 1.29 is 13.9 Å². The first-order valence-electron chi connectivity index (χ1n) is 9.14. The molecule has 3 aromatic rings. The van der Waals surface area contributed by atoms with Crippen LogP contribution in [-0.4, -0.2) is 38.8 Å². The molecule has 0 radical (unpaired) electrons. The Hall–Kier alpha value is -3.35. The van der Waals surface area contributed by atoms with Crippen molar-refractivity contribution in [3.05, 3.63) is 78.3 Å². The lowest BCUT2D eigenvalue weighted by Crippen LogP contribution is -2.39. The lowest BCUT2D eigenvalue weighted by molar-refractivity contribution is 0.0704. The van der Waals surface area contributed by atoms with E-state index in [0.29, 0.717) is 36.0 Å². The van der Waals surface area contributed by atoms with E-state index >= 15 is 0 Å². The molecule has 1 aliphatic rings. The van der Waals surface area contributed by atoms with Crippen molar-refractivity contribution in [1.29, 1.82) is 0 Å². The third-order valence-corrected chi connectivity index (χ3v) is 4.71. The number of hydrogen-bond donors (Lipinski definition) is 0. The fourth-order valence-corrected chi connectivity index (χ4v) is 3.39. The van der Waals surface area contributed by atoms with E-state index in [-0.39, 0.29) is 17.6 Å². The number of hydrogen-bond acceptors (Lipinski definition) is 5. The summed E-state index contributed by atoms with van der Waals surface area (Å²) in [5.74, 6) is 0.268. The minimum absolute atomic E-state index is 0.00775. The number of carbonyl (C=O) groups excluding carboxylic acids is 1. The molecule has 7 heteroatoms. The van der Waals surface area contributed by atoms with E-state index in [2.05, 4.69) is 15.0 Å². The van der Waals surface area contributed by atoms with Gasteiger partial charge in [0.25, 0.3) is 5.91 Å². The number of piperidine rings is 1. The Bertz CT molecular complexity index is 967. The van der Waals surface area contributed by atoms with E-state index in [0.717, 1.165) is 12.8 Å². The van der Waals surface area contributed by atoms with E-state index in [1.165, 1.54) is 12.1 Å². The highest BCUT2D eigenvalue weighted by Gasteiger charge is 2.29. The highest BCUT2D eigenvalue weighted by Crippen LogP contribution is 2.33. The fraction of sp³-hybridized carbons (Fsp3) is 0.238. The first kappa shape index (κ1) is 18.0. The van der Waals surface area contributed by atoms with E-state index in [4.69, 9.17) is 4.74 Å². The number of rotatable bonds is 4. The van der Waals surface area contributed by atoms with Gasteiger partial charge in [-0.25, -0.2) is 9.37 Å². The predicted octanol–water partition coefficient (Wildman–Crippen LogP) is 3.82. The fourth-order valence-electron chi connectivity index (χ4n) is 3.39. The lowest BCUT2D eigenvalue weighted by atomic mass is 9.94. The molecule has 0 unspecified atom stereocenters. The Balaban J connectivity index is 1.55. The highest BCUT2D eigenvalue weighted by molar-refractivity contribution is 5.94. The molecule has 1 atom stereocenters. The van der Waals surface area contributed by atoms with E-state index in [1.54, 1.807) is 49.1 Å². The maximum Gasteiger partial charge on any atom is 0.255 e. The maximum absolute atomic E-state index is 13.5. The molecule has 0 N–H and O–H groups in total. The average Bonchev–Trinajstić information content (AvgIpc) is 2.74. The summed E-state index contributed by atoms with van der Waals surface area (Å²) in [7, 11) is 0. The maximum atomic E-state index is 13.5. The molecule has 0 bridgehead atoms. The third-order valence-electron chi connectivity index (χ3n) is 4.71. The molecule has 28 heavy (non-hydrogen) atoms. The van der Waals surface area contributed by atoms with E-state index < -0.39 is 0 Å². The van der Waals surface area contributed by atoms with Gasteiger partial charge in [-0.15, -0.1) is 0 Å². The molecule has 0 saturated carbocycles. The Morgan fingerprint density at radius 1 is 1.14 bits per heavy atom. The van der Waals surface area contributed by atoms with Crippen LogP contribution in [0.4, 0.5) is 4.39 Å². The van der Waals surface area contributed by atoms with E-state index in [9.17, 15) is 9.18 Å². The number of halogens is 1. The summed E-state index contributed by atoms with van der Waals surface area (Å²) < 4.78 is 19.3. The van der Waals surface area contributed by atoms with Gasteiger partial charge < -0.3 is 9.64 Å². The molecule has 3 heterocycles. The first-order chi connectivity index (χ1) is 13.7. The molecule has 1 fully saturated rings. The molecular weight excluding hydrogens is 359 g/mol. The van der Waals surface area contributed by atoms with Gasteiger partial charge in [0.15, 0.2) is 0 Å². The zero-order valence-electron chi connectivity index (χ0n) is 15.2. The molecular formula is C21H19FN4O2. The molecule has 0 aliphatic carbocycles. The quantitative estimate of drug-likeness (QED) is 0.690. The Labute approximate surface area is 162 Å². The summed E-state index contributed by atoms with van der Waals surface area (Å²) in [6.07, 6.45) is 8.09. The zero-order valence-corrected chi connectivity index (χ0v) is 15.2. The molecule has 1 aromatic carbocycles. The second kappa shape index (κ2) is 8.12. The number of pyridine rings is 1. The number of nitrogens with zero attached hydrogens (tertiary/aromatic N) is 4. The monoisotopic (exact) mass is 378 g/mol. The van der Waals surface area contributed by atoms with Crippen LogP contribution in [-0.2, 0) is 0 Å². The summed E-state index contributed by atoms with van der Waals surface area (Å²) in [6.45, 7) is 1.20. The molecule has 4 rings (SSSR count). The number of likely N-dealkylation sites (tertiary alicyclic amines) is 1. The van der Waals surface area contributed by atoms with Gasteiger partial charge in [-0.2, -0.15) is 0 Å². The number of amides is 1. The first-order valence-corrected chi connectivity index (χ1v) is 9.14. The van der Waals surface area contributed by atoms with Crippen LogP contribution >= 0.6 is 0 Å².